The van der Waals surface area contributed by atoms with E-state index in [0.717, 1.165) is 17.7 Å². The maximum atomic E-state index is 12.7. The molecule has 0 aliphatic rings. The first-order chi connectivity index (χ1) is 11.9. The van der Waals surface area contributed by atoms with Gasteiger partial charge < -0.3 is 10.1 Å². The van der Waals surface area contributed by atoms with Gasteiger partial charge in [0.15, 0.2) is 0 Å². The number of hydrogen-bond donors (Lipinski definition) is 1. The Morgan fingerprint density at radius 3 is 2.44 bits per heavy atom. The van der Waals surface area contributed by atoms with E-state index < -0.39 is 11.7 Å². The van der Waals surface area contributed by atoms with E-state index in [1.165, 1.54) is 6.07 Å². The summed E-state index contributed by atoms with van der Waals surface area (Å²) in [6.45, 7) is 3.07. The molecule has 2 rings (SSSR count). The van der Waals surface area contributed by atoms with Crippen molar-refractivity contribution in [3.63, 3.8) is 0 Å². The first-order valence-electron chi connectivity index (χ1n) is 8.03. The van der Waals surface area contributed by atoms with Crippen molar-refractivity contribution in [2.75, 3.05) is 13.2 Å². The van der Waals surface area contributed by atoms with E-state index in [1.54, 1.807) is 25.1 Å². The normalized spacial score (nSPS) is 11.4. The standard InChI is InChI=1S/C19H20F3NO2/c1-2-25-18(24)16-8-6-14(7-9-16)10-11-23-13-15-4-3-5-17(12-15)19(20,21)22/h3-9,12,23H,2,10-11,13H2,1H3. The van der Waals surface area contributed by atoms with E-state index in [4.69, 9.17) is 4.74 Å². The molecule has 0 amide bonds. The van der Waals surface area contributed by atoms with Gasteiger partial charge in [0, 0.05) is 6.54 Å². The lowest BCUT2D eigenvalue weighted by Crippen LogP contribution is -2.17. The Bertz CT molecular complexity index is 697. The highest BCUT2D eigenvalue weighted by atomic mass is 19.4. The van der Waals surface area contributed by atoms with Gasteiger partial charge in [-0.05, 0) is 49.2 Å². The molecule has 2 aromatic rings. The highest BCUT2D eigenvalue weighted by Crippen LogP contribution is 2.29. The molecule has 0 saturated carbocycles. The van der Waals surface area contributed by atoms with Crippen molar-refractivity contribution in [2.24, 2.45) is 0 Å². The van der Waals surface area contributed by atoms with Gasteiger partial charge >= 0.3 is 12.1 Å². The fraction of sp³-hybridized carbons (Fsp3) is 0.316. The average Bonchev–Trinajstić information content (AvgIpc) is 2.59. The fourth-order valence-electron chi connectivity index (χ4n) is 2.34. The number of hydrogen-bond acceptors (Lipinski definition) is 3. The Kier molecular flexibility index (Phi) is 6.58. The van der Waals surface area contributed by atoms with Crippen LogP contribution in [-0.2, 0) is 23.9 Å². The molecule has 0 aliphatic heterocycles. The maximum absolute atomic E-state index is 12.7. The summed E-state index contributed by atoms with van der Waals surface area (Å²) in [5.74, 6) is -0.350. The summed E-state index contributed by atoms with van der Waals surface area (Å²) < 4.78 is 42.9. The number of ether oxygens (including phenoxy) is 1. The van der Waals surface area contributed by atoms with Crippen LogP contribution in [0.5, 0.6) is 0 Å². The Hall–Kier alpha value is -2.34. The van der Waals surface area contributed by atoms with Crippen molar-refractivity contribution in [1.29, 1.82) is 0 Å². The van der Waals surface area contributed by atoms with Crippen molar-refractivity contribution in [3.05, 3.63) is 70.8 Å². The summed E-state index contributed by atoms with van der Waals surface area (Å²) >= 11 is 0. The van der Waals surface area contributed by atoms with Crippen LogP contribution in [0.1, 0.15) is 34.0 Å². The minimum Gasteiger partial charge on any atom is -0.462 e. The van der Waals surface area contributed by atoms with Gasteiger partial charge in [0.25, 0.3) is 0 Å². The van der Waals surface area contributed by atoms with Crippen LogP contribution in [0.15, 0.2) is 48.5 Å². The topological polar surface area (TPSA) is 38.3 Å². The molecular formula is C19H20F3NO2. The maximum Gasteiger partial charge on any atom is 0.416 e. The molecule has 0 aliphatic carbocycles. The highest BCUT2D eigenvalue weighted by molar-refractivity contribution is 5.89. The molecule has 0 saturated heterocycles. The molecule has 0 heterocycles. The molecule has 25 heavy (non-hydrogen) atoms. The quantitative estimate of drug-likeness (QED) is 0.600. The summed E-state index contributed by atoms with van der Waals surface area (Å²) in [4.78, 5) is 11.6. The Balaban J connectivity index is 1.80. The predicted molar refractivity (Wildman–Crippen MR) is 89.3 cm³/mol. The SMILES string of the molecule is CCOC(=O)c1ccc(CCNCc2cccc(C(F)(F)F)c2)cc1. The summed E-state index contributed by atoms with van der Waals surface area (Å²) in [6.07, 6.45) is -3.61. The van der Waals surface area contributed by atoms with E-state index in [1.807, 2.05) is 12.1 Å². The third-order valence-electron chi connectivity index (χ3n) is 3.64. The van der Waals surface area contributed by atoms with E-state index >= 15 is 0 Å². The number of benzene rings is 2. The van der Waals surface area contributed by atoms with Crippen molar-refractivity contribution < 1.29 is 22.7 Å². The van der Waals surface area contributed by atoms with Gasteiger partial charge in [-0.1, -0.05) is 30.3 Å². The third kappa shape index (κ3) is 5.90. The number of esters is 1. The second-order valence-electron chi connectivity index (χ2n) is 5.54. The Morgan fingerprint density at radius 2 is 1.80 bits per heavy atom. The van der Waals surface area contributed by atoms with Crippen LogP contribution >= 0.6 is 0 Å². The van der Waals surface area contributed by atoms with Crippen LogP contribution in [0.25, 0.3) is 0 Å². The van der Waals surface area contributed by atoms with Crippen molar-refractivity contribution in [1.82, 2.24) is 5.32 Å². The Labute approximate surface area is 144 Å². The lowest BCUT2D eigenvalue weighted by Gasteiger charge is -2.10. The van der Waals surface area contributed by atoms with Crippen LogP contribution < -0.4 is 5.32 Å². The zero-order chi connectivity index (χ0) is 18.3. The fourth-order valence-corrected chi connectivity index (χ4v) is 2.34. The summed E-state index contributed by atoms with van der Waals surface area (Å²) in [6, 6.07) is 12.4. The van der Waals surface area contributed by atoms with Gasteiger partial charge in [0.1, 0.15) is 0 Å². The highest BCUT2D eigenvalue weighted by Gasteiger charge is 2.30. The number of rotatable bonds is 7. The lowest BCUT2D eigenvalue weighted by molar-refractivity contribution is -0.137. The van der Waals surface area contributed by atoms with Crippen molar-refractivity contribution in [3.8, 4) is 0 Å². The smallest absolute Gasteiger partial charge is 0.416 e. The van der Waals surface area contributed by atoms with Crippen LogP contribution in [0.3, 0.4) is 0 Å². The largest absolute Gasteiger partial charge is 0.462 e. The van der Waals surface area contributed by atoms with Gasteiger partial charge in [-0.2, -0.15) is 13.2 Å². The number of nitrogens with one attached hydrogen (secondary N) is 1. The molecular weight excluding hydrogens is 331 g/mol. The molecule has 6 heteroatoms. The summed E-state index contributed by atoms with van der Waals surface area (Å²) in [5.41, 5.74) is 1.49. The summed E-state index contributed by atoms with van der Waals surface area (Å²) in [5, 5.41) is 3.13. The number of halogens is 3. The van der Waals surface area contributed by atoms with Gasteiger partial charge in [-0.25, -0.2) is 4.79 Å². The van der Waals surface area contributed by atoms with Crippen LogP contribution in [-0.4, -0.2) is 19.1 Å². The van der Waals surface area contributed by atoms with E-state index in [2.05, 4.69) is 5.32 Å². The van der Waals surface area contributed by atoms with Gasteiger partial charge in [-0.15, -0.1) is 0 Å². The molecule has 0 aromatic heterocycles. The molecule has 1 N–H and O–H groups in total. The zero-order valence-electron chi connectivity index (χ0n) is 13.9. The van der Waals surface area contributed by atoms with Crippen molar-refractivity contribution in [2.45, 2.75) is 26.1 Å². The first-order valence-corrected chi connectivity index (χ1v) is 8.03. The van der Waals surface area contributed by atoms with Crippen LogP contribution in [0, 0.1) is 0 Å². The zero-order valence-corrected chi connectivity index (χ0v) is 13.9. The molecule has 0 radical (unpaired) electrons. The van der Waals surface area contributed by atoms with Crippen LogP contribution in [0.4, 0.5) is 13.2 Å². The molecule has 0 atom stereocenters. The van der Waals surface area contributed by atoms with Gasteiger partial charge in [0.05, 0.1) is 17.7 Å². The molecule has 0 fully saturated rings. The molecule has 3 nitrogen and oxygen atoms in total. The number of carbonyl (C=O) groups is 1. The Morgan fingerprint density at radius 1 is 1.08 bits per heavy atom. The second-order valence-corrected chi connectivity index (χ2v) is 5.54. The molecule has 0 spiro atoms. The predicted octanol–water partition coefficient (Wildman–Crippen LogP) is 4.21. The first kappa shape index (κ1) is 19.0. The monoisotopic (exact) mass is 351 g/mol. The average molecular weight is 351 g/mol. The van der Waals surface area contributed by atoms with Crippen LogP contribution in [0.2, 0.25) is 0 Å². The van der Waals surface area contributed by atoms with Crippen molar-refractivity contribution >= 4 is 5.97 Å². The second kappa shape index (κ2) is 8.67. The number of carbonyl (C=O) groups excluding carboxylic acids is 1. The third-order valence-corrected chi connectivity index (χ3v) is 3.64. The number of alkyl halides is 3. The molecule has 0 bridgehead atoms. The summed E-state index contributed by atoms with van der Waals surface area (Å²) in [7, 11) is 0. The van der Waals surface area contributed by atoms with Gasteiger partial charge in [-0.3, -0.25) is 0 Å². The minimum atomic E-state index is -4.32. The molecule has 134 valence electrons. The van der Waals surface area contributed by atoms with E-state index in [-0.39, 0.29) is 5.97 Å². The minimum absolute atomic E-state index is 0.333. The molecule has 0 unspecified atom stereocenters. The van der Waals surface area contributed by atoms with E-state index in [0.29, 0.717) is 37.2 Å². The van der Waals surface area contributed by atoms with E-state index in [9.17, 15) is 18.0 Å². The molecule has 2 aromatic carbocycles. The lowest BCUT2D eigenvalue weighted by atomic mass is 10.1. The van der Waals surface area contributed by atoms with Gasteiger partial charge in [0.2, 0.25) is 0 Å².